The van der Waals surface area contributed by atoms with Crippen LogP contribution >= 0.6 is 0 Å². The third-order valence-corrected chi connectivity index (χ3v) is 3.58. The lowest BCUT2D eigenvalue weighted by molar-refractivity contribution is -0.123. The number of aliphatic hydroxyl groups excluding tert-OH is 1. The van der Waals surface area contributed by atoms with Crippen molar-refractivity contribution in [2.24, 2.45) is 0 Å². The fraction of sp³-hybridized carbons (Fsp3) is 0.917. The van der Waals surface area contributed by atoms with Crippen molar-refractivity contribution >= 4 is 5.91 Å². The van der Waals surface area contributed by atoms with Crippen molar-refractivity contribution in [1.82, 2.24) is 10.2 Å². The van der Waals surface area contributed by atoms with E-state index in [9.17, 15) is 9.90 Å². The van der Waals surface area contributed by atoms with Crippen LogP contribution in [0.1, 0.15) is 38.5 Å². The van der Waals surface area contributed by atoms with Crippen LogP contribution in [0.5, 0.6) is 0 Å². The van der Waals surface area contributed by atoms with E-state index < -0.39 is 0 Å². The minimum Gasteiger partial charge on any atom is -0.392 e. The molecule has 0 spiro atoms. The second-order valence-electron chi connectivity index (χ2n) is 5.08. The summed E-state index contributed by atoms with van der Waals surface area (Å²) in [6.45, 7) is 1.95. The molecule has 92 valence electrons. The first-order chi connectivity index (χ1) is 7.74. The zero-order chi connectivity index (χ0) is 11.4. The van der Waals surface area contributed by atoms with Gasteiger partial charge >= 0.3 is 0 Å². The maximum absolute atomic E-state index is 11.7. The van der Waals surface area contributed by atoms with E-state index in [1.807, 2.05) is 4.90 Å². The Morgan fingerprint density at radius 3 is 2.62 bits per heavy atom. The van der Waals surface area contributed by atoms with Crippen molar-refractivity contribution in [3.63, 3.8) is 0 Å². The van der Waals surface area contributed by atoms with Gasteiger partial charge in [0, 0.05) is 19.1 Å². The van der Waals surface area contributed by atoms with Gasteiger partial charge in [-0.2, -0.15) is 0 Å². The van der Waals surface area contributed by atoms with Gasteiger partial charge in [-0.25, -0.2) is 0 Å². The molecule has 0 bridgehead atoms. The summed E-state index contributed by atoms with van der Waals surface area (Å²) in [7, 11) is 0. The molecule has 4 nitrogen and oxygen atoms in total. The number of rotatable bonds is 3. The Labute approximate surface area is 97.0 Å². The molecule has 4 heteroatoms. The maximum atomic E-state index is 11.7. The van der Waals surface area contributed by atoms with Crippen LogP contribution in [0.3, 0.4) is 0 Å². The molecule has 2 aliphatic rings. The maximum Gasteiger partial charge on any atom is 0.234 e. The van der Waals surface area contributed by atoms with Crippen molar-refractivity contribution in [2.45, 2.75) is 50.7 Å². The number of nitrogens with zero attached hydrogens (tertiary/aromatic N) is 1. The molecule has 0 radical (unpaired) electrons. The summed E-state index contributed by atoms with van der Waals surface area (Å²) in [6.07, 6.45) is 6.63. The lowest BCUT2D eigenvalue weighted by Crippen LogP contribution is -2.42. The first-order valence-corrected chi connectivity index (χ1v) is 6.44. The summed E-state index contributed by atoms with van der Waals surface area (Å²) in [6, 6.07) is 0.397. The van der Waals surface area contributed by atoms with Gasteiger partial charge in [0.25, 0.3) is 0 Å². The van der Waals surface area contributed by atoms with Crippen molar-refractivity contribution < 1.29 is 9.90 Å². The second-order valence-corrected chi connectivity index (χ2v) is 5.08. The van der Waals surface area contributed by atoms with Crippen LogP contribution in [0.15, 0.2) is 0 Å². The molecule has 2 rings (SSSR count). The number of likely N-dealkylation sites (tertiary alicyclic amines) is 1. The molecule has 2 N–H and O–H groups in total. The van der Waals surface area contributed by atoms with Crippen molar-refractivity contribution in [3.8, 4) is 0 Å². The van der Waals surface area contributed by atoms with Crippen molar-refractivity contribution in [2.75, 3.05) is 19.6 Å². The molecule has 0 aromatic carbocycles. The van der Waals surface area contributed by atoms with E-state index in [4.69, 9.17) is 0 Å². The number of β-amino-alcohol motifs (C(OH)–C–C–N with tert-alkyl or cyclic N) is 1. The van der Waals surface area contributed by atoms with Gasteiger partial charge < -0.3 is 10.4 Å². The third-order valence-electron chi connectivity index (χ3n) is 3.58. The lowest BCUT2D eigenvalue weighted by atomic mass is 9.95. The number of hydrogen-bond acceptors (Lipinski definition) is 3. The number of nitrogens with one attached hydrogen (secondary N) is 1. The zero-order valence-corrected chi connectivity index (χ0v) is 9.82. The molecule has 1 saturated carbocycles. The predicted molar refractivity (Wildman–Crippen MR) is 62.1 cm³/mol. The minimum atomic E-state index is -0.234. The van der Waals surface area contributed by atoms with E-state index >= 15 is 0 Å². The van der Waals surface area contributed by atoms with E-state index in [2.05, 4.69) is 5.32 Å². The Balaban J connectivity index is 1.67. The molecule has 0 aromatic heterocycles. The smallest absolute Gasteiger partial charge is 0.234 e. The first-order valence-electron chi connectivity index (χ1n) is 6.44. The molecular formula is C12H22N2O2. The number of carbonyl (C=O) groups excluding carboxylic acids is 1. The molecular weight excluding hydrogens is 204 g/mol. The topological polar surface area (TPSA) is 52.6 Å². The molecule has 1 amide bonds. The zero-order valence-electron chi connectivity index (χ0n) is 9.82. The molecule has 0 unspecified atom stereocenters. The van der Waals surface area contributed by atoms with Crippen LogP contribution in [0.25, 0.3) is 0 Å². The van der Waals surface area contributed by atoms with Gasteiger partial charge in [-0.15, -0.1) is 0 Å². The largest absolute Gasteiger partial charge is 0.392 e. The van der Waals surface area contributed by atoms with Gasteiger partial charge in [-0.05, 0) is 19.3 Å². The summed E-state index contributed by atoms with van der Waals surface area (Å²) in [5, 5.41) is 12.5. The van der Waals surface area contributed by atoms with E-state index in [0.717, 1.165) is 25.8 Å². The average molecular weight is 226 g/mol. The van der Waals surface area contributed by atoms with Gasteiger partial charge in [-0.3, -0.25) is 9.69 Å². The molecule has 0 aromatic rings. The summed E-state index contributed by atoms with van der Waals surface area (Å²) >= 11 is 0. The van der Waals surface area contributed by atoms with E-state index in [-0.39, 0.29) is 12.0 Å². The van der Waals surface area contributed by atoms with Crippen LogP contribution in [-0.2, 0) is 4.79 Å². The van der Waals surface area contributed by atoms with Gasteiger partial charge in [0.1, 0.15) is 0 Å². The standard InChI is InChI=1S/C12H22N2O2/c15-11-6-7-14(8-11)9-12(16)13-10-4-2-1-3-5-10/h10-11,15H,1-9H2,(H,13,16)/t11-/m1/s1. The fourth-order valence-corrected chi connectivity index (χ4v) is 2.68. The molecule has 2 fully saturated rings. The SMILES string of the molecule is O=C(CN1CC[C@@H](O)C1)NC1CCCCC1. The Morgan fingerprint density at radius 1 is 1.25 bits per heavy atom. The third kappa shape index (κ3) is 3.46. The molecule has 1 aliphatic carbocycles. The van der Waals surface area contributed by atoms with Gasteiger partial charge in [0.15, 0.2) is 0 Å². The lowest BCUT2D eigenvalue weighted by Gasteiger charge is -2.24. The Bertz CT molecular complexity index is 230. The summed E-state index contributed by atoms with van der Waals surface area (Å²) < 4.78 is 0. The Hall–Kier alpha value is -0.610. The quantitative estimate of drug-likeness (QED) is 0.737. The summed E-state index contributed by atoms with van der Waals surface area (Å²) in [4.78, 5) is 13.8. The highest BCUT2D eigenvalue weighted by Gasteiger charge is 2.23. The van der Waals surface area contributed by atoms with Gasteiger partial charge in [-0.1, -0.05) is 19.3 Å². The van der Waals surface area contributed by atoms with E-state index in [0.29, 0.717) is 19.1 Å². The number of aliphatic hydroxyl groups is 1. The minimum absolute atomic E-state index is 0.126. The molecule has 1 heterocycles. The van der Waals surface area contributed by atoms with Crippen molar-refractivity contribution in [3.05, 3.63) is 0 Å². The second kappa shape index (κ2) is 5.64. The molecule has 1 atom stereocenters. The number of carbonyl (C=O) groups is 1. The van der Waals surface area contributed by atoms with E-state index in [1.165, 1.54) is 19.3 Å². The van der Waals surface area contributed by atoms with Crippen molar-refractivity contribution in [1.29, 1.82) is 0 Å². The molecule has 1 aliphatic heterocycles. The molecule has 1 saturated heterocycles. The first kappa shape index (κ1) is 11.9. The summed E-state index contributed by atoms with van der Waals surface area (Å²) in [5.41, 5.74) is 0. The number of amides is 1. The average Bonchev–Trinajstić information content (AvgIpc) is 2.65. The highest BCUT2D eigenvalue weighted by atomic mass is 16.3. The van der Waals surface area contributed by atoms with Crippen LogP contribution < -0.4 is 5.32 Å². The van der Waals surface area contributed by atoms with Gasteiger partial charge in [0.05, 0.1) is 12.6 Å². The highest BCUT2D eigenvalue weighted by molar-refractivity contribution is 5.78. The fourth-order valence-electron chi connectivity index (χ4n) is 2.68. The molecule has 16 heavy (non-hydrogen) atoms. The van der Waals surface area contributed by atoms with Crippen LogP contribution in [0, 0.1) is 0 Å². The Morgan fingerprint density at radius 2 is 2.00 bits per heavy atom. The monoisotopic (exact) mass is 226 g/mol. The predicted octanol–water partition coefficient (Wildman–Crippen LogP) is 0.502. The normalized spacial score (nSPS) is 28.2. The van der Waals surface area contributed by atoms with E-state index in [1.54, 1.807) is 0 Å². The summed E-state index contributed by atoms with van der Waals surface area (Å²) in [5.74, 6) is 0.126. The van der Waals surface area contributed by atoms with Crippen LogP contribution in [0.2, 0.25) is 0 Å². The van der Waals surface area contributed by atoms with Gasteiger partial charge in [0.2, 0.25) is 5.91 Å². The van der Waals surface area contributed by atoms with Crippen LogP contribution in [0.4, 0.5) is 0 Å². The van der Waals surface area contributed by atoms with Crippen LogP contribution in [-0.4, -0.2) is 47.7 Å². The number of hydrogen-bond donors (Lipinski definition) is 2. The highest BCUT2D eigenvalue weighted by Crippen LogP contribution is 2.17. The Kier molecular flexibility index (Phi) is 4.18.